The summed E-state index contributed by atoms with van der Waals surface area (Å²) in [5.41, 5.74) is 1.64. The van der Waals surface area contributed by atoms with Gasteiger partial charge in [-0.25, -0.2) is 4.98 Å². The van der Waals surface area contributed by atoms with Crippen LogP contribution < -0.4 is 10.1 Å². The average Bonchev–Trinajstić information content (AvgIpc) is 2.43. The summed E-state index contributed by atoms with van der Waals surface area (Å²) in [6, 6.07) is 10.9. The molecule has 4 heteroatoms. The minimum Gasteiger partial charge on any atom is -0.439 e. The molecule has 19 heavy (non-hydrogen) atoms. The van der Waals surface area contributed by atoms with Crippen LogP contribution in [-0.2, 0) is 4.79 Å². The molecule has 2 aromatic rings. The van der Waals surface area contributed by atoms with Crippen molar-refractivity contribution in [1.82, 2.24) is 4.98 Å². The Morgan fingerprint density at radius 2 is 2.21 bits per heavy atom. The Kier molecular flexibility index (Phi) is 3.93. The van der Waals surface area contributed by atoms with Gasteiger partial charge < -0.3 is 10.1 Å². The van der Waals surface area contributed by atoms with Crippen molar-refractivity contribution < 1.29 is 9.53 Å². The fourth-order valence-electron chi connectivity index (χ4n) is 1.55. The Hall–Kier alpha value is -2.62. The Morgan fingerprint density at radius 1 is 1.37 bits per heavy atom. The Labute approximate surface area is 111 Å². The first-order chi connectivity index (χ1) is 9.19. The van der Waals surface area contributed by atoms with Gasteiger partial charge in [0.2, 0.25) is 11.8 Å². The van der Waals surface area contributed by atoms with Gasteiger partial charge in [-0.1, -0.05) is 12.6 Å². The predicted molar refractivity (Wildman–Crippen MR) is 74.3 cm³/mol. The molecule has 0 fully saturated rings. The van der Waals surface area contributed by atoms with Crippen molar-refractivity contribution in [2.24, 2.45) is 0 Å². The van der Waals surface area contributed by atoms with E-state index in [2.05, 4.69) is 16.9 Å². The number of nitrogens with zero attached hydrogens (tertiary/aromatic N) is 1. The summed E-state index contributed by atoms with van der Waals surface area (Å²) in [6.07, 6.45) is 2.90. The van der Waals surface area contributed by atoms with E-state index in [1.54, 1.807) is 24.4 Å². The molecule has 0 spiro atoms. The topological polar surface area (TPSA) is 51.2 Å². The van der Waals surface area contributed by atoms with E-state index in [1.807, 2.05) is 25.1 Å². The number of pyridine rings is 1. The molecular formula is C15H14N2O2. The van der Waals surface area contributed by atoms with Crippen molar-refractivity contribution in [3.8, 4) is 11.6 Å². The molecule has 0 aliphatic rings. The number of benzene rings is 1. The van der Waals surface area contributed by atoms with Gasteiger partial charge in [0.15, 0.2) is 0 Å². The molecule has 0 bridgehead atoms. The first-order valence-corrected chi connectivity index (χ1v) is 5.82. The molecule has 1 amide bonds. The molecule has 0 radical (unpaired) electrons. The van der Waals surface area contributed by atoms with Crippen LogP contribution in [0.15, 0.2) is 55.3 Å². The molecule has 1 aromatic heterocycles. The van der Waals surface area contributed by atoms with Gasteiger partial charge in [-0.05, 0) is 42.8 Å². The number of aromatic nitrogens is 1. The van der Waals surface area contributed by atoms with Crippen LogP contribution in [0, 0.1) is 6.92 Å². The second kappa shape index (κ2) is 5.82. The standard InChI is InChI=1S/C15H14N2O2/c1-3-14(18)17-13-8-7-12(10-11(13)2)19-15-6-4-5-9-16-15/h3-10H,1H2,2H3,(H,17,18). The van der Waals surface area contributed by atoms with Crippen LogP contribution in [0.1, 0.15) is 5.56 Å². The Morgan fingerprint density at radius 3 is 2.84 bits per heavy atom. The van der Waals surface area contributed by atoms with Gasteiger partial charge >= 0.3 is 0 Å². The second-order valence-corrected chi connectivity index (χ2v) is 3.94. The number of rotatable bonds is 4. The zero-order valence-electron chi connectivity index (χ0n) is 10.6. The first kappa shape index (κ1) is 12.8. The lowest BCUT2D eigenvalue weighted by atomic mass is 10.2. The summed E-state index contributed by atoms with van der Waals surface area (Å²) in [5, 5.41) is 2.72. The third-order valence-corrected chi connectivity index (χ3v) is 2.50. The van der Waals surface area contributed by atoms with Gasteiger partial charge in [0, 0.05) is 18.0 Å². The minimum absolute atomic E-state index is 0.235. The highest BCUT2D eigenvalue weighted by Gasteiger charge is 2.04. The Balaban J connectivity index is 2.15. The molecule has 2 rings (SSSR count). The van der Waals surface area contributed by atoms with Crippen LogP contribution in [0.4, 0.5) is 5.69 Å². The maximum atomic E-state index is 11.2. The van der Waals surface area contributed by atoms with Gasteiger partial charge in [-0.3, -0.25) is 4.79 Å². The maximum Gasteiger partial charge on any atom is 0.247 e. The molecule has 0 aliphatic carbocycles. The molecular weight excluding hydrogens is 240 g/mol. The molecule has 0 unspecified atom stereocenters. The van der Waals surface area contributed by atoms with Gasteiger partial charge in [-0.2, -0.15) is 0 Å². The highest BCUT2D eigenvalue weighted by Crippen LogP contribution is 2.24. The minimum atomic E-state index is -0.235. The van der Waals surface area contributed by atoms with Crippen LogP contribution >= 0.6 is 0 Å². The normalized spacial score (nSPS) is 9.74. The summed E-state index contributed by atoms with van der Waals surface area (Å²) in [4.78, 5) is 15.3. The molecule has 1 aromatic carbocycles. The number of aryl methyl sites for hydroxylation is 1. The zero-order valence-corrected chi connectivity index (χ0v) is 10.6. The lowest BCUT2D eigenvalue weighted by Gasteiger charge is -2.09. The zero-order chi connectivity index (χ0) is 13.7. The number of anilines is 1. The van der Waals surface area contributed by atoms with Crippen molar-refractivity contribution >= 4 is 11.6 Å². The van der Waals surface area contributed by atoms with Crippen LogP contribution in [0.25, 0.3) is 0 Å². The second-order valence-electron chi connectivity index (χ2n) is 3.94. The van der Waals surface area contributed by atoms with E-state index in [1.165, 1.54) is 6.08 Å². The van der Waals surface area contributed by atoms with Crippen LogP contribution in [0.3, 0.4) is 0 Å². The van der Waals surface area contributed by atoms with Crippen molar-refractivity contribution in [3.05, 3.63) is 60.8 Å². The van der Waals surface area contributed by atoms with E-state index in [-0.39, 0.29) is 5.91 Å². The first-order valence-electron chi connectivity index (χ1n) is 5.82. The molecule has 4 nitrogen and oxygen atoms in total. The fraction of sp³-hybridized carbons (Fsp3) is 0.0667. The van der Waals surface area contributed by atoms with Crippen molar-refractivity contribution in [2.45, 2.75) is 6.92 Å². The average molecular weight is 254 g/mol. The number of amides is 1. The summed E-state index contributed by atoms with van der Waals surface area (Å²) in [5.74, 6) is 0.971. The van der Waals surface area contributed by atoms with Gasteiger partial charge in [0.25, 0.3) is 0 Å². The number of carbonyl (C=O) groups excluding carboxylic acids is 1. The maximum absolute atomic E-state index is 11.2. The fourth-order valence-corrected chi connectivity index (χ4v) is 1.55. The molecule has 1 heterocycles. The quantitative estimate of drug-likeness (QED) is 0.851. The van der Waals surface area contributed by atoms with Crippen molar-refractivity contribution in [3.63, 3.8) is 0 Å². The number of nitrogens with one attached hydrogen (secondary N) is 1. The van der Waals surface area contributed by atoms with E-state index in [9.17, 15) is 4.79 Å². The Bertz CT molecular complexity index is 594. The van der Waals surface area contributed by atoms with Gasteiger partial charge in [0.1, 0.15) is 5.75 Å². The number of ether oxygens (including phenoxy) is 1. The predicted octanol–water partition coefficient (Wildman–Crippen LogP) is 3.31. The smallest absolute Gasteiger partial charge is 0.247 e. The largest absolute Gasteiger partial charge is 0.439 e. The molecule has 0 aliphatic heterocycles. The van der Waals surface area contributed by atoms with E-state index in [0.717, 1.165) is 11.3 Å². The lowest BCUT2D eigenvalue weighted by Crippen LogP contribution is -2.08. The number of hydrogen-bond acceptors (Lipinski definition) is 3. The van der Waals surface area contributed by atoms with Crippen LogP contribution in [0.2, 0.25) is 0 Å². The summed E-state index contributed by atoms with van der Waals surface area (Å²) < 4.78 is 5.60. The number of hydrogen-bond donors (Lipinski definition) is 1. The van der Waals surface area contributed by atoms with Crippen LogP contribution in [0.5, 0.6) is 11.6 Å². The SMILES string of the molecule is C=CC(=O)Nc1ccc(Oc2ccccn2)cc1C. The lowest BCUT2D eigenvalue weighted by molar-refractivity contribution is -0.111. The van der Waals surface area contributed by atoms with E-state index < -0.39 is 0 Å². The third-order valence-electron chi connectivity index (χ3n) is 2.50. The van der Waals surface area contributed by atoms with Gasteiger partial charge in [0.05, 0.1) is 0 Å². The van der Waals surface area contributed by atoms with Crippen LogP contribution in [-0.4, -0.2) is 10.9 Å². The monoisotopic (exact) mass is 254 g/mol. The molecule has 96 valence electrons. The van der Waals surface area contributed by atoms with E-state index in [0.29, 0.717) is 11.6 Å². The van der Waals surface area contributed by atoms with Gasteiger partial charge in [-0.15, -0.1) is 0 Å². The molecule has 1 N–H and O–H groups in total. The highest BCUT2D eigenvalue weighted by molar-refractivity contribution is 5.99. The third kappa shape index (κ3) is 3.42. The highest BCUT2D eigenvalue weighted by atomic mass is 16.5. The van der Waals surface area contributed by atoms with E-state index in [4.69, 9.17) is 4.74 Å². The van der Waals surface area contributed by atoms with Crippen molar-refractivity contribution in [2.75, 3.05) is 5.32 Å². The number of carbonyl (C=O) groups is 1. The summed E-state index contributed by atoms with van der Waals surface area (Å²) in [7, 11) is 0. The van der Waals surface area contributed by atoms with Crippen molar-refractivity contribution in [1.29, 1.82) is 0 Å². The van der Waals surface area contributed by atoms with E-state index >= 15 is 0 Å². The molecule has 0 saturated carbocycles. The summed E-state index contributed by atoms with van der Waals surface area (Å²) in [6.45, 7) is 5.31. The molecule has 0 saturated heterocycles. The summed E-state index contributed by atoms with van der Waals surface area (Å²) >= 11 is 0. The molecule has 0 atom stereocenters.